The van der Waals surface area contributed by atoms with Crippen LogP contribution in [0.1, 0.15) is 60.8 Å². The van der Waals surface area contributed by atoms with Gasteiger partial charge in [0.15, 0.2) is 0 Å². The van der Waals surface area contributed by atoms with E-state index in [1.165, 1.54) is 0 Å². The average Bonchev–Trinajstić information content (AvgIpc) is 2.41. The lowest BCUT2D eigenvalue weighted by molar-refractivity contribution is -0.135. The fraction of sp³-hybridized carbons (Fsp3) is 0.889. The molecule has 1 unspecified atom stereocenters. The van der Waals surface area contributed by atoms with Crippen molar-refractivity contribution in [3.63, 3.8) is 0 Å². The Labute approximate surface area is 142 Å². The second kappa shape index (κ2) is 8.78. The second-order valence-corrected chi connectivity index (χ2v) is 8.33. The molecule has 0 saturated heterocycles. The number of nitrogens with zero attached hydrogens (tertiary/aromatic N) is 1. The molecule has 1 N–H and O–H groups in total. The monoisotopic (exact) mass is 328 g/mol. The van der Waals surface area contributed by atoms with Crippen molar-refractivity contribution in [2.45, 2.75) is 66.4 Å². The summed E-state index contributed by atoms with van der Waals surface area (Å²) in [6.07, 6.45) is 2.46. The van der Waals surface area contributed by atoms with Gasteiger partial charge in [-0.25, -0.2) is 0 Å². The zero-order valence-electron chi connectivity index (χ0n) is 16.3. The molecule has 0 aliphatic carbocycles. The SMILES string of the molecule is CNCOC(C)(C)CCN(C)C(=O)CC(C)(CC=O)C(C)(C)C. The number of amides is 1. The summed E-state index contributed by atoms with van der Waals surface area (Å²) in [7, 11) is 3.66. The van der Waals surface area contributed by atoms with E-state index in [4.69, 9.17) is 4.74 Å². The molecule has 5 nitrogen and oxygen atoms in total. The van der Waals surface area contributed by atoms with Gasteiger partial charge in [-0.2, -0.15) is 0 Å². The lowest BCUT2D eigenvalue weighted by Crippen LogP contribution is -2.41. The van der Waals surface area contributed by atoms with Crippen LogP contribution in [0.5, 0.6) is 0 Å². The molecule has 0 aliphatic rings. The molecule has 23 heavy (non-hydrogen) atoms. The molecule has 0 fully saturated rings. The summed E-state index contributed by atoms with van der Waals surface area (Å²) < 4.78 is 5.71. The Morgan fingerprint density at radius 2 is 1.74 bits per heavy atom. The summed E-state index contributed by atoms with van der Waals surface area (Å²) in [5.74, 6) is 0.0775. The van der Waals surface area contributed by atoms with Crippen molar-refractivity contribution in [1.29, 1.82) is 0 Å². The van der Waals surface area contributed by atoms with E-state index in [1.54, 1.807) is 4.90 Å². The highest BCUT2D eigenvalue weighted by atomic mass is 16.5. The highest BCUT2D eigenvalue weighted by Crippen LogP contribution is 2.43. The molecule has 0 heterocycles. The topological polar surface area (TPSA) is 58.6 Å². The van der Waals surface area contributed by atoms with Crippen LogP contribution < -0.4 is 5.32 Å². The maximum absolute atomic E-state index is 12.6. The summed E-state index contributed by atoms with van der Waals surface area (Å²) in [6.45, 7) is 13.4. The first-order chi connectivity index (χ1) is 10.4. The van der Waals surface area contributed by atoms with Gasteiger partial charge >= 0.3 is 0 Å². The van der Waals surface area contributed by atoms with E-state index in [2.05, 4.69) is 26.1 Å². The summed E-state index contributed by atoms with van der Waals surface area (Å²) in [5.41, 5.74) is -0.731. The molecule has 0 saturated carbocycles. The molecule has 0 aliphatic heterocycles. The van der Waals surface area contributed by atoms with Gasteiger partial charge in [0, 0.05) is 26.4 Å². The van der Waals surface area contributed by atoms with Gasteiger partial charge in [0.2, 0.25) is 5.91 Å². The van der Waals surface area contributed by atoms with Gasteiger partial charge in [0.25, 0.3) is 0 Å². The lowest BCUT2D eigenvalue weighted by atomic mass is 9.64. The molecule has 0 radical (unpaired) electrons. The predicted molar refractivity (Wildman–Crippen MR) is 94.2 cm³/mol. The number of aldehydes is 1. The van der Waals surface area contributed by atoms with Gasteiger partial charge < -0.3 is 14.4 Å². The van der Waals surface area contributed by atoms with Crippen molar-refractivity contribution in [3.05, 3.63) is 0 Å². The summed E-state index contributed by atoms with van der Waals surface area (Å²) in [4.78, 5) is 25.3. The Bertz CT molecular complexity index is 388. The number of hydrogen-bond donors (Lipinski definition) is 1. The molecule has 1 atom stereocenters. The Balaban J connectivity index is 4.68. The molecule has 0 bridgehead atoms. The summed E-state index contributed by atoms with van der Waals surface area (Å²) in [5, 5.41) is 2.96. The third-order valence-corrected chi connectivity index (χ3v) is 4.97. The number of ether oxygens (including phenoxy) is 1. The predicted octanol–water partition coefficient (Wildman–Crippen LogP) is 2.84. The van der Waals surface area contributed by atoms with E-state index < -0.39 is 0 Å². The van der Waals surface area contributed by atoms with Crippen LogP contribution in [0.25, 0.3) is 0 Å². The van der Waals surface area contributed by atoms with Crippen LogP contribution in [-0.4, -0.2) is 50.1 Å². The number of carbonyl (C=O) groups is 2. The molecule has 0 rings (SSSR count). The van der Waals surface area contributed by atoms with Crippen LogP contribution in [0.15, 0.2) is 0 Å². The van der Waals surface area contributed by atoms with Crippen molar-refractivity contribution < 1.29 is 14.3 Å². The van der Waals surface area contributed by atoms with E-state index in [0.29, 0.717) is 26.1 Å². The van der Waals surface area contributed by atoms with E-state index in [1.807, 2.05) is 34.9 Å². The Morgan fingerprint density at radius 1 is 1.17 bits per heavy atom. The normalized spacial score (nSPS) is 15.1. The van der Waals surface area contributed by atoms with Gasteiger partial charge in [0.05, 0.1) is 12.3 Å². The van der Waals surface area contributed by atoms with Crippen molar-refractivity contribution in [2.75, 3.05) is 27.4 Å². The average molecular weight is 328 g/mol. The fourth-order valence-electron chi connectivity index (χ4n) is 2.20. The largest absolute Gasteiger partial charge is 0.360 e. The van der Waals surface area contributed by atoms with E-state index >= 15 is 0 Å². The van der Waals surface area contributed by atoms with Gasteiger partial charge in [-0.05, 0) is 38.1 Å². The van der Waals surface area contributed by atoms with E-state index in [-0.39, 0.29) is 22.3 Å². The molecule has 0 spiro atoms. The van der Waals surface area contributed by atoms with Crippen molar-refractivity contribution in [1.82, 2.24) is 10.2 Å². The van der Waals surface area contributed by atoms with Gasteiger partial charge in [-0.1, -0.05) is 27.7 Å². The third kappa shape index (κ3) is 7.44. The number of rotatable bonds is 10. The Hall–Kier alpha value is -0.940. The summed E-state index contributed by atoms with van der Waals surface area (Å²) >= 11 is 0. The number of hydrogen-bond acceptors (Lipinski definition) is 4. The molecule has 0 aromatic heterocycles. The lowest BCUT2D eigenvalue weighted by Gasteiger charge is -2.41. The second-order valence-electron chi connectivity index (χ2n) is 8.33. The highest BCUT2D eigenvalue weighted by Gasteiger charge is 2.39. The molecular weight excluding hydrogens is 292 g/mol. The fourth-order valence-corrected chi connectivity index (χ4v) is 2.20. The minimum atomic E-state index is -0.335. The van der Waals surface area contributed by atoms with Crippen LogP contribution >= 0.6 is 0 Å². The zero-order chi connectivity index (χ0) is 18.3. The van der Waals surface area contributed by atoms with Crippen molar-refractivity contribution in [3.8, 4) is 0 Å². The van der Waals surface area contributed by atoms with Crippen molar-refractivity contribution in [2.24, 2.45) is 10.8 Å². The van der Waals surface area contributed by atoms with Crippen LogP contribution in [0, 0.1) is 10.8 Å². The van der Waals surface area contributed by atoms with Crippen LogP contribution in [0.3, 0.4) is 0 Å². The quantitative estimate of drug-likeness (QED) is 0.495. The molecule has 0 aromatic rings. The standard InChI is InChI=1S/C18H36N2O3/c1-16(2,3)18(6,10-12-21)13-15(22)20(8)11-9-17(4,5)23-14-19-7/h12,19H,9-11,13-14H2,1-8H3. The minimum Gasteiger partial charge on any atom is -0.360 e. The first-order valence-corrected chi connectivity index (χ1v) is 8.35. The maximum atomic E-state index is 12.6. The third-order valence-electron chi connectivity index (χ3n) is 4.97. The van der Waals surface area contributed by atoms with Crippen LogP contribution in [0.4, 0.5) is 0 Å². The number of carbonyl (C=O) groups excluding carboxylic acids is 2. The first-order valence-electron chi connectivity index (χ1n) is 8.35. The van der Waals surface area contributed by atoms with Gasteiger partial charge in [-0.3, -0.25) is 10.1 Å². The van der Waals surface area contributed by atoms with Crippen molar-refractivity contribution >= 4 is 12.2 Å². The smallest absolute Gasteiger partial charge is 0.222 e. The molecule has 0 aromatic carbocycles. The van der Waals surface area contributed by atoms with E-state index in [0.717, 1.165) is 12.7 Å². The Morgan fingerprint density at radius 3 is 2.17 bits per heavy atom. The molecule has 136 valence electrons. The van der Waals surface area contributed by atoms with Crippen LogP contribution in [0.2, 0.25) is 0 Å². The zero-order valence-corrected chi connectivity index (χ0v) is 16.3. The first kappa shape index (κ1) is 22.1. The minimum absolute atomic E-state index is 0.0775. The van der Waals surface area contributed by atoms with Gasteiger partial charge in [0.1, 0.15) is 6.29 Å². The molecule has 1 amide bonds. The van der Waals surface area contributed by atoms with E-state index in [9.17, 15) is 9.59 Å². The molecular formula is C18H36N2O3. The molecule has 5 heteroatoms. The highest BCUT2D eigenvalue weighted by molar-refractivity contribution is 5.77. The Kier molecular flexibility index (Phi) is 8.43. The van der Waals surface area contributed by atoms with Gasteiger partial charge in [-0.15, -0.1) is 0 Å². The van der Waals surface area contributed by atoms with Crippen LogP contribution in [-0.2, 0) is 14.3 Å². The maximum Gasteiger partial charge on any atom is 0.222 e. The number of nitrogens with one attached hydrogen (secondary N) is 1. The summed E-state index contributed by atoms with van der Waals surface area (Å²) in [6, 6.07) is 0.